The van der Waals surface area contributed by atoms with Crippen LogP contribution in [0.2, 0.25) is 0 Å². The second-order valence-electron chi connectivity index (χ2n) is 3.08. The zero-order valence-corrected chi connectivity index (χ0v) is 12.6. The predicted octanol–water partition coefficient (Wildman–Crippen LogP) is -2.56. The third kappa shape index (κ3) is 36.2. The molecule has 20 heavy (non-hydrogen) atoms. The van der Waals surface area contributed by atoms with Crippen LogP contribution >= 0.6 is 23.5 Å². The molecule has 0 amide bonds. The monoisotopic (exact) mass is 362 g/mol. The first-order valence-corrected chi connectivity index (χ1v) is 9.35. The molecule has 0 aromatic rings. The Kier molecular flexibility index (Phi) is 11.4. The first-order valence-electron chi connectivity index (χ1n) is 4.73. The fourth-order valence-corrected chi connectivity index (χ4v) is 1.85. The van der Waals surface area contributed by atoms with Crippen molar-refractivity contribution in [1.82, 2.24) is 10.6 Å². The van der Waals surface area contributed by atoms with Crippen molar-refractivity contribution in [3.05, 3.63) is 0 Å². The summed E-state index contributed by atoms with van der Waals surface area (Å²) in [5.41, 5.74) is 0. The Balaban J connectivity index is 0. The second kappa shape index (κ2) is 10.1. The van der Waals surface area contributed by atoms with Crippen LogP contribution in [0.1, 0.15) is 0 Å². The SMILES string of the molecule is C1CNCCN1.O=P(O)(O)O.O=P(O)(O)OP(=O)(O)O. The summed E-state index contributed by atoms with van der Waals surface area (Å²) in [6, 6.07) is 0. The maximum Gasteiger partial charge on any atom is 0.478 e. The van der Waals surface area contributed by atoms with Crippen molar-refractivity contribution < 1.29 is 52.3 Å². The molecule has 1 aliphatic rings. The molecule has 0 unspecified atom stereocenters. The lowest BCUT2D eigenvalue weighted by molar-refractivity contribution is 0.225. The van der Waals surface area contributed by atoms with Crippen molar-refractivity contribution in [3.8, 4) is 0 Å². The number of nitrogens with one attached hydrogen (secondary N) is 2. The summed E-state index contributed by atoms with van der Waals surface area (Å²) in [7, 11) is -14.7. The zero-order chi connectivity index (χ0) is 16.4. The molecule has 0 aromatic heterocycles. The quantitative estimate of drug-likeness (QED) is 0.231. The molecule has 1 aliphatic heterocycles. The molecule has 0 aliphatic carbocycles. The smallest absolute Gasteiger partial charge is 0.314 e. The minimum atomic E-state index is -5.05. The van der Waals surface area contributed by atoms with E-state index in [1.165, 1.54) is 0 Å². The molecule has 0 atom stereocenters. The van der Waals surface area contributed by atoms with Gasteiger partial charge in [0.1, 0.15) is 0 Å². The van der Waals surface area contributed by atoms with Crippen LogP contribution in [-0.4, -0.2) is 60.4 Å². The van der Waals surface area contributed by atoms with Crippen LogP contribution in [0.15, 0.2) is 0 Å². The van der Waals surface area contributed by atoms with Crippen LogP contribution in [0.5, 0.6) is 0 Å². The lowest BCUT2D eigenvalue weighted by Gasteiger charge is -2.11. The van der Waals surface area contributed by atoms with Crippen LogP contribution < -0.4 is 10.6 Å². The standard InChI is InChI=1S/C4H10N2.H4O7P2.H3O4P/c1-2-6-4-3-5-1;1-8(2,3)7-9(4,5)6;1-5(2,3)4/h5-6H,1-4H2;(H2,1,2,3)(H2,4,5,6);(H3,1,2,3,4). The number of rotatable bonds is 2. The maximum atomic E-state index is 9.63. The maximum absolute atomic E-state index is 9.63. The summed E-state index contributed by atoms with van der Waals surface area (Å²) in [6.07, 6.45) is 0. The largest absolute Gasteiger partial charge is 0.478 e. The molecular formula is C4H17N2O11P3. The van der Waals surface area contributed by atoms with E-state index < -0.39 is 23.5 Å². The van der Waals surface area contributed by atoms with Crippen LogP contribution in [-0.2, 0) is 18.0 Å². The Morgan fingerprint density at radius 1 is 0.650 bits per heavy atom. The third-order valence-electron chi connectivity index (χ3n) is 1.17. The molecule has 13 nitrogen and oxygen atoms in total. The molecule has 16 heteroatoms. The average molecular weight is 362 g/mol. The van der Waals surface area contributed by atoms with Gasteiger partial charge in [-0.05, 0) is 0 Å². The van der Waals surface area contributed by atoms with Gasteiger partial charge in [0.2, 0.25) is 0 Å². The first-order chi connectivity index (χ1) is 8.71. The average Bonchev–Trinajstić information content (AvgIpc) is 2.12. The first kappa shape index (κ1) is 22.6. The van der Waals surface area contributed by atoms with Gasteiger partial charge in [0.15, 0.2) is 0 Å². The number of piperazine rings is 1. The fraction of sp³-hybridized carbons (Fsp3) is 1.00. The molecule has 1 heterocycles. The molecular weight excluding hydrogens is 345 g/mol. The second-order valence-corrected chi connectivity index (χ2v) is 6.72. The van der Waals surface area contributed by atoms with E-state index in [2.05, 4.69) is 14.9 Å². The van der Waals surface area contributed by atoms with Crippen LogP contribution in [0.4, 0.5) is 0 Å². The van der Waals surface area contributed by atoms with E-state index in [4.69, 9.17) is 38.8 Å². The van der Waals surface area contributed by atoms with Crippen molar-refractivity contribution in [1.29, 1.82) is 0 Å². The summed E-state index contributed by atoms with van der Waals surface area (Å²) >= 11 is 0. The van der Waals surface area contributed by atoms with Gasteiger partial charge in [-0.25, -0.2) is 13.7 Å². The van der Waals surface area contributed by atoms with Crippen molar-refractivity contribution in [2.45, 2.75) is 0 Å². The molecule has 9 N–H and O–H groups in total. The molecule has 0 bridgehead atoms. The van der Waals surface area contributed by atoms with Crippen LogP contribution in [0.3, 0.4) is 0 Å². The summed E-state index contributed by atoms with van der Waals surface area (Å²) < 4.78 is 31.1. The molecule has 0 radical (unpaired) electrons. The topological polar surface area (TPSA) is 226 Å². The minimum Gasteiger partial charge on any atom is -0.314 e. The van der Waals surface area contributed by atoms with E-state index in [-0.39, 0.29) is 0 Å². The van der Waals surface area contributed by atoms with E-state index in [0.29, 0.717) is 0 Å². The lowest BCUT2D eigenvalue weighted by Crippen LogP contribution is -2.39. The van der Waals surface area contributed by atoms with E-state index in [1.807, 2.05) is 0 Å². The zero-order valence-electron chi connectivity index (χ0n) is 9.93. The van der Waals surface area contributed by atoms with Crippen molar-refractivity contribution in [2.24, 2.45) is 0 Å². The highest BCUT2D eigenvalue weighted by molar-refractivity contribution is 7.60. The third-order valence-corrected chi connectivity index (χ3v) is 2.87. The normalized spacial score (nSPS) is 16.4. The molecule has 1 saturated heterocycles. The van der Waals surface area contributed by atoms with Gasteiger partial charge >= 0.3 is 23.5 Å². The van der Waals surface area contributed by atoms with E-state index in [1.54, 1.807) is 0 Å². The van der Waals surface area contributed by atoms with Gasteiger partial charge in [-0.2, -0.15) is 4.31 Å². The number of hydrogen-bond donors (Lipinski definition) is 9. The lowest BCUT2D eigenvalue weighted by atomic mass is 10.4. The molecule has 0 spiro atoms. The van der Waals surface area contributed by atoms with Gasteiger partial charge in [-0.3, -0.25) is 0 Å². The predicted molar refractivity (Wildman–Crippen MR) is 65.2 cm³/mol. The number of hydrogen-bond acceptors (Lipinski definition) is 6. The molecule has 1 fully saturated rings. The molecule has 0 saturated carbocycles. The van der Waals surface area contributed by atoms with Crippen LogP contribution in [0.25, 0.3) is 0 Å². The highest BCUT2D eigenvalue weighted by Crippen LogP contribution is 2.53. The van der Waals surface area contributed by atoms with Crippen molar-refractivity contribution in [2.75, 3.05) is 26.2 Å². The van der Waals surface area contributed by atoms with Crippen molar-refractivity contribution >= 4 is 23.5 Å². The van der Waals surface area contributed by atoms with E-state index in [9.17, 15) is 9.13 Å². The van der Waals surface area contributed by atoms with Gasteiger partial charge in [0.05, 0.1) is 0 Å². The van der Waals surface area contributed by atoms with E-state index >= 15 is 0 Å². The highest BCUT2D eigenvalue weighted by Gasteiger charge is 2.27. The molecule has 1 rings (SSSR count). The van der Waals surface area contributed by atoms with E-state index in [0.717, 1.165) is 26.2 Å². The van der Waals surface area contributed by atoms with Gasteiger partial charge in [-0.15, -0.1) is 0 Å². The Bertz CT molecular complexity index is 339. The van der Waals surface area contributed by atoms with Gasteiger partial charge in [-0.1, -0.05) is 0 Å². The Labute approximate surface area is 113 Å². The Hall–Kier alpha value is 0.290. The summed E-state index contributed by atoms with van der Waals surface area (Å²) in [5.74, 6) is 0. The molecule has 0 aromatic carbocycles. The summed E-state index contributed by atoms with van der Waals surface area (Å²) in [5, 5.41) is 6.44. The summed E-state index contributed by atoms with van der Waals surface area (Å²) in [4.78, 5) is 52.6. The summed E-state index contributed by atoms with van der Waals surface area (Å²) in [6.45, 7) is 4.56. The van der Waals surface area contributed by atoms with Crippen LogP contribution in [0, 0.1) is 0 Å². The molecule has 124 valence electrons. The van der Waals surface area contributed by atoms with Gasteiger partial charge in [0, 0.05) is 26.2 Å². The minimum absolute atomic E-state index is 1.14. The highest BCUT2D eigenvalue weighted by atomic mass is 31.3. The van der Waals surface area contributed by atoms with Crippen molar-refractivity contribution in [3.63, 3.8) is 0 Å². The Morgan fingerprint density at radius 2 is 0.850 bits per heavy atom. The fourth-order valence-electron chi connectivity index (χ4n) is 0.742. The van der Waals surface area contributed by atoms with Gasteiger partial charge < -0.3 is 44.9 Å². The Morgan fingerprint density at radius 3 is 0.900 bits per heavy atom. The van der Waals surface area contributed by atoms with Gasteiger partial charge in [0.25, 0.3) is 0 Å². The number of phosphoric acid groups is 3.